The van der Waals surface area contributed by atoms with Gasteiger partial charge in [0, 0.05) is 0 Å². The van der Waals surface area contributed by atoms with Crippen LogP contribution in [0.25, 0.3) is 0 Å². The SMILES string of the molecule is CC(O)(CNC(=O)C1=COCCO1)C(=O)O. The van der Waals surface area contributed by atoms with Crippen molar-refractivity contribution >= 4 is 11.9 Å². The van der Waals surface area contributed by atoms with Gasteiger partial charge in [0.1, 0.15) is 19.5 Å². The topological polar surface area (TPSA) is 105 Å². The molecule has 0 aromatic rings. The van der Waals surface area contributed by atoms with Crippen LogP contribution in [-0.2, 0) is 19.1 Å². The molecule has 0 radical (unpaired) electrons. The van der Waals surface area contributed by atoms with E-state index in [0.717, 1.165) is 13.2 Å². The summed E-state index contributed by atoms with van der Waals surface area (Å²) in [6.07, 6.45) is 1.15. The molecule has 1 rings (SSSR count). The van der Waals surface area contributed by atoms with Gasteiger partial charge < -0.3 is 25.0 Å². The second-order valence-corrected chi connectivity index (χ2v) is 3.46. The molecular formula is C9H13NO6. The number of aliphatic carboxylic acids is 1. The van der Waals surface area contributed by atoms with Gasteiger partial charge in [-0.3, -0.25) is 4.79 Å². The van der Waals surface area contributed by atoms with Crippen LogP contribution in [0, 0.1) is 0 Å². The third kappa shape index (κ3) is 3.13. The first-order valence-corrected chi connectivity index (χ1v) is 4.62. The summed E-state index contributed by atoms with van der Waals surface area (Å²) in [5.41, 5.74) is -2.01. The summed E-state index contributed by atoms with van der Waals surface area (Å²) < 4.78 is 9.82. The fraction of sp³-hybridized carbons (Fsp3) is 0.556. The number of hydrogen-bond donors (Lipinski definition) is 3. The van der Waals surface area contributed by atoms with E-state index in [1.54, 1.807) is 0 Å². The predicted molar refractivity (Wildman–Crippen MR) is 51.3 cm³/mol. The van der Waals surface area contributed by atoms with E-state index in [-0.39, 0.29) is 12.4 Å². The van der Waals surface area contributed by atoms with E-state index in [1.807, 2.05) is 0 Å². The summed E-state index contributed by atoms with van der Waals surface area (Å²) in [5.74, 6) is -2.07. The van der Waals surface area contributed by atoms with Crippen molar-refractivity contribution in [2.45, 2.75) is 12.5 Å². The van der Waals surface area contributed by atoms with E-state index in [9.17, 15) is 14.7 Å². The number of carbonyl (C=O) groups excluding carboxylic acids is 1. The number of nitrogens with one attached hydrogen (secondary N) is 1. The Morgan fingerprint density at radius 1 is 1.56 bits per heavy atom. The van der Waals surface area contributed by atoms with Crippen molar-refractivity contribution in [2.24, 2.45) is 0 Å². The summed E-state index contributed by atoms with van der Waals surface area (Å²) in [5, 5.41) is 20.2. The van der Waals surface area contributed by atoms with Crippen molar-refractivity contribution in [3.63, 3.8) is 0 Å². The number of carboxylic acid groups (broad SMARTS) is 1. The van der Waals surface area contributed by atoms with Gasteiger partial charge in [-0.2, -0.15) is 0 Å². The molecular weight excluding hydrogens is 218 g/mol. The van der Waals surface area contributed by atoms with Crippen LogP contribution in [0.5, 0.6) is 0 Å². The molecule has 1 atom stereocenters. The van der Waals surface area contributed by atoms with Gasteiger partial charge in [0.25, 0.3) is 5.91 Å². The minimum atomic E-state index is -2.01. The molecule has 3 N–H and O–H groups in total. The van der Waals surface area contributed by atoms with E-state index in [0.29, 0.717) is 6.61 Å². The Morgan fingerprint density at radius 2 is 2.25 bits per heavy atom. The van der Waals surface area contributed by atoms with Gasteiger partial charge in [-0.1, -0.05) is 0 Å². The van der Waals surface area contributed by atoms with Crippen LogP contribution in [0.1, 0.15) is 6.92 Å². The Bertz CT molecular complexity index is 322. The second-order valence-electron chi connectivity index (χ2n) is 3.46. The first kappa shape index (κ1) is 12.3. The zero-order chi connectivity index (χ0) is 12.2. The van der Waals surface area contributed by atoms with E-state index in [4.69, 9.17) is 14.6 Å². The molecule has 0 aromatic heterocycles. The monoisotopic (exact) mass is 231 g/mol. The molecule has 1 unspecified atom stereocenters. The maximum absolute atomic E-state index is 11.4. The summed E-state index contributed by atoms with van der Waals surface area (Å²) in [6, 6.07) is 0. The van der Waals surface area contributed by atoms with Crippen molar-refractivity contribution in [2.75, 3.05) is 19.8 Å². The third-order valence-electron chi connectivity index (χ3n) is 1.93. The molecule has 0 aliphatic carbocycles. The molecule has 0 fully saturated rings. The lowest BCUT2D eigenvalue weighted by molar-refractivity contribution is -0.156. The molecule has 0 spiro atoms. The molecule has 1 aliphatic heterocycles. The molecule has 90 valence electrons. The Labute approximate surface area is 91.7 Å². The van der Waals surface area contributed by atoms with Gasteiger partial charge in [-0.05, 0) is 6.92 Å². The Morgan fingerprint density at radius 3 is 2.75 bits per heavy atom. The van der Waals surface area contributed by atoms with Crippen LogP contribution < -0.4 is 5.32 Å². The summed E-state index contributed by atoms with van der Waals surface area (Å²) >= 11 is 0. The van der Waals surface area contributed by atoms with Crippen molar-refractivity contribution in [1.82, 2.24) is 5.32 Å². The Balaban J connectivity index is 2.46. The third-order valence-corrected chi connectivity index (χ3v) is 1.93. The number of amides is 1. The standard InChI is InChI=1S/C9H13NO6/c1-9(14,8(12)13)5-10-7(11)6-4-15-2-3-16-6/h4,14H,2-3,5H2,1H3,(H,10,11)(H,12,13). The summed E-state index contributed by atoms with van der Waals surface area (Å²) in [7, 11) is 0. The van der Waals surface area contributed by atoms with Gasteiger partial charge in [0.2, 0.25) is 5.76 Å². The van der Waals surface area contributed by atoms with E-state index in [1.165, 1.54) is 0 Å². The highest BCUT2D eigenvalue weighted by molar-refractivity contribution is 5.91. The molecule has 7 heteroatoms. The minimum absolute atomic E-state index is 0.0348. The van der Waals surface area contributed by atoms with Gasteiger partial charge in [0.05, 0.1) is 6.54 Å². The van der Waals surface area contributed by atoms with Gasteiger partial charge in [0.15, 0.2) is 5.60 Å². The number of aliphatic hydroxyl groups is 1. The first-order chi connectivity index (χ1) is 7.43. The highest BCUT2D eigenvalue weighted by Gasteiger charge is 2.31. The quantitative estimate of drug-likeness (QED) is 0.563. The maximum atomic E-state index is 11.4. The van der Waals surface area contributed by atoms with E-state index >= 15 is 0 Å². The smallest absolute Gasteiger partial charge is 0.337 e. The number of ether oxygens (including phenoxy) is 2. The number of carboxylic acids is 1. The van der Waals surface area contributed by atoms with Crippen LogP contribution in [-0.4, -0.2) is 47.4 Å². The zero-order valence-electron chi connectivity index (χ0n) is 8.73. The Hall–Kier alpha value is -1.76. The molecule has 0 aromatic carbocycles. The van der Waals surface area contributed by atoms with Gasteiger partial charge in [-0.25, -0.2) is 4.79 Å². The molecule has 1 heterocycles. The highest BCUT2D eigenvalue weighted by Crippen LogP contribution is 2.05. The zero-order valence-corrected chi connectivity index (χ0v) is 8.73. The predicted octanol–water partition coefficient (Wildman–Crippen LogP) is -1.17. The Kier molecular flexibility index (Phi) is 3.73. The van der Waals surface area contributed by atoms with Crippen LogP contribution in [0.4, 0.5) is 0 Å². The summed E-state index contributed by atoms with van der Waals surface area (Å²) in [6.45, 7) is 1.29. The van der Waals surface area contributed by atoms with Gasteiger partial charge >= 0.3 is 5.97 Å². The van der Waals surface area contributed by atoms with Crippen molar-refractivity contribution in [3.05, 3.63) is 12.0 Å². The number of rotatable bonds is 4. The van der Waals surface area contributed by atoms with Crippen LogP contribution >= 0.6 is 0 Å². The van der Waals surface area contributed by atoms with E-state index < -0.39 is 24.0 Å². The van der Waals surface area contributed by atoms with Crippen LogP contribution in [0.15, 0.2) is 12.0 Å². The van der Waals surface area contributed by atoms with Crippen molar-refractivity contribution in [1.29, 1.82) is 0 Å². The second kappa shape index (κ2) is 4.84. The molecule has 1 amide bonds. The average molecular weight is 231 g/mol. The first-order valence-electron chi connectivity index (χ1n) is 4.62. The molecule has 0 saturated heterocycles. The van der Waals surface area contributed by atoms with Crippen LogP contribution in [0.2, 0.25) is 0 Å². The van der Waals surface area contributed by atoms with Gasteiger partial charge in [-0.15, -0.1) is 0 Å². The van der Waals surface area contributed by atoms with Crippen molar-refractivity contribution < 1.29 is 29.3 Å². The average Bonchev–Trinajstić information content (AvgIpc) is 2.27. The molecule has 16 heavy (non-hydrogen) atoms. The highest BCUT2D eigenvalue weighted by atomic mass is 16.6. The normalized spacial score (nSPS) is 18.5. The maximum Gasteiger partial charge on any atom is 0.337 e. The van der Waals surface area contributed by atoms with Crippen LogP contribution in [0.3, 0.4) is 0 Å². The van der Waals surface area contributed by atoms with E-state index in [2.05, 4.69) is 5.32 Å². The molecule has 7 nitrogen and oxygen atoms in total. The number of hydrogen-bond acceptors (Lipinski definition) is 5. The lowest BCUT2D eigenvalue weighted by Gasteiger charge is -2.20. The molecule has 0 saturated carbocycles. The lowest BCUT2D eigenvalue weighted by atomic mass is 10.1. The fourth-order valence-electron chi connectivity index (χ4n) is 0.903. The largest absolute Gasteiger partial charge is 0.494 e. The molecule has 0 bridgehead atoms. The minimum Gasteiger partial charge on any atom is -0.494 e. The molecule has 1 aliphatic rings. The fourth-order valence-corrected chi connectivity index (χ4v) is 0.903. The lowest BCUT2D eigenvalue weighted by Crippen LogP contribution is -2.47. The van der Waals surface area contributed by atoms with Crippen molar-refractivity contribution in [3.8, 4) is 0 Å². The number of carbonyl (C=O) groups is 2. The summed E-state index contributed by atoms with van der Waals surface area (Å²) in [4.78, 5) is 21.9.